The molecule has 0 N–H and O–H groups in total. The summed E-state index contributed by atoms with van der Waals surface area (Å²) in [6.45, 7) is 9.41. The largest absolute Gasteiger partial charge is 0.381 e. The first-order valence-electron chi connectivity index (χ1n) is 6.10. The second kappa shape index (κ2) is 5.16. The molecule has 84 valence electrons. The van der Waals surface area contributed by atoms with Crippen LogP contribution in [0, 0.1) is 23.7 Å². The lowest BCUT2D eigenvalue weighted by Crippen LogP contribution is -2.39. The molecule has 1 aliphatic rings. The van der Waals surface area contributed by atoms with Gasteiger partial charge in [-0.05, 0) is 36.5 Å². The van der Waals surface area contributed by atoms with Crippen LogP contribution in [0.25, 0.3) is 0 Å². The van der Waals surface area contributed by atoms with Crippen molar-refractivity contribution in [3.8, 4) is 0 Å². The molecule has 0 aromatic heterocycles. The fourth-order valence-electron chi connectivity index (χ4n) is 3.19. The first kappa shape index (κ1) is 12.0. The van der Waals surface area contributed by atoms with Crippen LogP contribution in [0.4, 0.5) is 0 Å². The third-order valence-corrected chi connectivity index (χ3v) is 3.88. The number of rotatable bonds is 3. The topological polar surface area (TPSA) is 9.23 Å². The molecule has 1 rings (SSSR count). The summed E-state index contributed by atoms with van der Waals surface area (Å²) in [5.74, 6) is 3.20. The van der Waals surface area contributed by atoms with Gasteiger partial charge in [0.15, 0.2) is 0 Å². The van der Waals surface area contributed by atoms with Gasteiger partial charge in [0.25, 0.3) is 0 Å². The number of methoxy groups -OCH3 is 1. The SMILES string of the molecule is COC1CCCC(C(C)C)C1C(C)C. The van der Waals surface area contributed by atoms with Gasteiger partial charge in [0.05, 0.1) is 6.10 Å². The minimum atomic E-state index is 0.510. The van der Waals surface area contributed by atoms with E-state index in [1.165, 1.54) is 19.3 Å². The molecule has 1 saturated carbocycles. The van der Waals surface area contributed by atoms with E-state index in [1.807, 2.05) is 7.11 Å². The van der Waals surface area contributed by atoms with Crippen molar-refractivity contribution in [1.82, 2.24) is 0 Å². The van der Waals surface area contributed by atoms with Crippen molar-refractivity contribution >= 4 is 0 Å². The number of hydrogen-bond donors (Lipinski definition) is 0. The molecule has 0 saturated heterocycles. The summed E-state index contributed by atoms with van der Waals surface area (Å²) in [6.07, 6.45) is 4.53. The van der Waals surface area contributed by atoms with Crippen LogP contribution in [-0.2, 0) is 4.74 Å². The van der Waals surface area contributed by atoms with Crippen molar-refractivity contribution in [2.75, 3.05) is 7.11 Å². The summed E-state index contributed by atoms with van der Waals surface area (Å²) >= 11 is 0. The predicted molar refractivity (Wildman–Crippen MR) is 61.3 cm³/mol. The molecule has 1 aliphatic carbocycles. The van der Waals surface area contributed by atoms with Crippen LogP contribution in [0.2, 0.25) is 0 Å². The van der Waals surface area contributed by atoms with Crippen LogP contribution < -0.4 is 0 Å². The van der Waals surface area contributed by atoms with Crippen LogP contribution in [-0.4, -0.2) is 13.2 Å². The molecule has 1 heteroatoms. The van der Waals surface area contributed by atoms with Crippen molar-refractivity contribution in [2.45, 2.75) is 53.1 Å². The van der Waals surface area contributed by atoms with E-state index in [0.29, 0.717) is 6.10 Å². The third kappa shape index (κ3) is 2.50. The summed E-state index contributed by atoms with van der Waals surface area (Å²) < 4.78 is 5.65. The standard InChI is InChI=1S/C13H26O/c1-9(2)11-7-6-8-12(14-5)13(11)10(3)4/h9-13H,6-8H2,1-5H3. The second-order valence-corrected chi connectivity index (χ2v) is 5.43. The summed E-state index contributed by atoms with van der Waals surface area (Å²) in [4.78, 5) is 0. The van der Waals surface area contributed by atoms with Gasteiger partial charge in [0, 0.05) is 7.11 Å². The Morgan fingerprint density at radius 3 is 2.07 bits per heavy atom. The Kier molecular flexibility index (Phi) is 4.43. The van der Waals surface area contributed by atoms with Crippen molar-refractivity contribution in [2.24, 2.45) is 23.7 Å². The minimum absolute atomic E-state index is 0.510. The van der Waals surface area contributed by atoms with E-state index >= 15 is 0 Å². The van der Waals surface area contributed by atoms with Crippen molar-refractivity contribution in [3.63, 3.8) is 0 Å². The van der Waals surface area contributed by atoms with Gasteiger partial charge in [0.1, 0.15) is 0 Å². The zero-order valence-corrected chi connectivity index (χ0v) is 10.4. The predicted octanol–water partition coefficient (Wildman–Crippen LogP) is 3.73. The van der Waals surface area contributed by atoms with Gasteiger partial charge in [0.2, 0.25) is 0 Å². The average molecular weight is 198 g/mol. The molecule has 0 aromatic rings. The normalized spacial score (nSPS) is 34.1. The number of ether oxygens (including phenoxy) is 1. The summed E-state index contributed by atoms with van der Waals surface area (Å²) in [6, 6.07) is 0. The van der Waals surface area contributed by atoms with Crippen molar-refractivity contribution < 1.29 is 4.74 Å². The fourth-order valence-corrected chi connectivity index (χ4v) is 3.19. The summed E-state index contributed by atoms with van der Waals surface area (Å²) in [5.41, 5.74) is 0. The lowest BCUT2D eigenvalue weighted by molar-refractivity contribution is -0.0369. The van der Waals surface area contributed by atoms with Gasteiger partial charge < -0.3 is 4.74 Å². The minimum Gasteiger partial charge on any atom is -0.381 e. The van der Waals surface area contributed by atoms with E-state index in [2.05, 4.69) is 27.7 Å². The Morgan fingerprint density at radius 2 is 1.64 bits per heavy atom. The molecule has 0 aliphatic heterocycles. The average Bonchev–Trinajstić information content (AvgIpc) is 2.16. The van der Waals surface area contributed by atoms with Gasteiger partial charge in [-0.2, -0.15) is 0 Å². The third-order valence-electron chi connectivity index (χ3n) is 3.88. The Labute approximate surface area is 89.2 Å². The maximum atomic E-state index is 5.65. The van der Waals surface area contributed by atoms with Crippen LogP contribution in [0.15, 0.2) is 0 Å². The summed E-state index contributed by atoms with van der Waals surface area (Å²) in [5, 5.41) is 0. The van der Waals surface area contributed by atoms with E-state index in [1.54, 1.807) is 0 Å². The molecule has 3 unspecified atom stereocenters. The first-order chi connectivity index (χ1) is 6.57. The molecule has 1 fully saturated rings. The highest BCUT2D eigenvalue weighted by molar-refractivity contribution is 4.86. The highest BCUT2D eigenvalue weighted by Gasteiger charge is 2.36. The van der Waals surface area contributed by atoms with E-state index in [4.69, 9.17) is 4.74 Å². The molecular formula is C13H26O. The molecule has 0 aromatic carbocycles. The molecule has 0 amide bonds. The molecule has 1 nitrogen and oxygen atoms in total. The number of hydrogen-bond acceptors (Lipinski definition) is 1. The smallest absolute Gasteiger partial charge is 0.0604 e. The van der Waals surface area contributed by atoms with Gasteiger partial charge in [-0.1, -0.05) is 34.1 Å². The van der Waals surface area contributed by atoms with Crippen LogP contribution >= 0.6 is 0 Å². The zero-order chi connectivity index (χ0) is 10.7. The second-order valence-electron chi connectivity index (χ2n) is 5.43. The summed E-state index contributed by atoms with van der Waals surface area (Å²) in [7, 11) is 1.88. The Hall–Kier alpha value is -0.0400. The molecule has 0 bridgehead atoms. The van der Waals surface area contributed by atoms with Crippen LogP contribution in [0.3, 0.4) is 0 Å². The molecule has 3 atom stereocenters. The van der Waals surface area contributed by atoms with Crippen molar-refractivity contribution in [1.29, 1.82) is 0 Å². The maximum Gasteiger partial charge on any atom is 0.0604 e. The van der Waals surface area contributed by atoms with Gasteiger partial charge in [-0.15, -0.1) is 0 Å². The van der Waals surface area contributed by atoms with Gasteiger partial charge in [-0.25, -0.2) is 0 Å². The molecule has 14 heavy (non-hydrogen) atoms. The van der Waals surface area contributed by atoms with Gasteiger partial charge >= 0.3 is 0 Å². The quantitative estimate of drug-likeness (QED) is 0.671. The Morgan fingerprint density at radius 1 is 1.00 bits per heavy atom. The molecule has 0 spiro atoms. The lowest BCUT2D eigenvalue weighted by atomic mass is 9.67. The van der Waals surface area contributed by atoms with Crippen LogP contribution in [0.1, 0.15) is 47.0 Å². The highest BCUT2D eigenvalue weighted by atomic mass is 16.5. The lowest BCUT2D eigenvalue weighted by Gasteiger charge is -2.42. The van der Waals surface area contributed by atoms with E-state index in [9.17, 15) is 0 Å². The molecule has 0 radical (unpaired) electrons. The van der Waals surface area contributed by atoms with E-state index < -0.39 is 0 Å². The molecule has 0 heterocycles. The highest BCUT2D eigenvalue weighted by Crippen LogP contribution is 2.40. The van der Waals surface area contributed by atoms with E-state index in [-0.39, 0.29) is 0 Å². The fraction of sp³-hybridized carbons (Fsp3) is 1.00. The first-order valence-corrected chi connectivity index (χ1v) is 6.10. The Bertz CT molecular complexity index is 163. The monoisotopic (exact) mass is 198 g/mol. The van der Waals surface area contributed by atoms with Gasteiger partial charge in [-0.3, -0.25) is 0 Å². The Balaban J connectivity index is 2.72. The zero-order valence-electron chi connectivity index (χ0n) is 10.4. The van der Waals surface area contributed by atoms with Crippen molar-refractivity contribution in [3.05, 3.63) is 0 Å². The van der Waals surface area contributed by atoms with E-state index in [0.717, 1.165) is 23.7 Å². The molecular weight excluding hydrogens is 172 g/mol. The van der Waals surface area contributed by atoms with Crippen LogP contribution in [0.5, 0.6) is 0 Å². The maximum absolute atomic E-state index is 5.65.